The number of furan rings is 1. The van der Waals surface area contributed by atoms with Crippen molar-refractivity contribution in [3.05, 3.63) is 84.1 Å². The summed E-state index contributed by atoms with van der Waals surface area (Å²) in [5.74, 6) is -1.41. The smallest absolute Gasteiger partial charge is 0.289 e. The first kappa shape index (κ1) is 23.7. The SMILES string of the molecule is O=C(CN1CCN(C(=O)c2occc2CS(=O)(=O)c2ccccc2)CC1)Nc1cccc(F)c1. The maximum absolute atomic E-state index is 13.3. The fourth-order valence-corrected chi connectivity index (χ4v) is 5.15. The molecule has 34 heavy (non-hydrogen) atoms. The highest BCUT2D eigenvalue weighted by Crippen LogP contribution is 2.21. The van der Waals surface area contributed by atoms with Gasteiger partial charge in [0.25, 0.3) is 5.91 Å². The number of nitrogens with one attached hydrogen (secondary N) is 1. The van der Waals surface area contributed by atoms with Crippen LogP contribution >= 0.6 is 0 Å². The Morgan fingerprint density at radius 3 is 2.41 bits per heavy atom. The molecule has 2 aromatic carbocycles. The molecule has 1 N–H and O–H groups in total. The zero-order valence-electron chi connectivity index (χ0n) is 18.3. The highest BCUT2D eigenvalue weighted by Gasteiger charge is 2.28. The molecular formula is C24H24FN3O5S. The van der Waals surface area contributed by atoms with Crippen LogP contribution < -0.4 is 5.32 Å². The summed E-state index contributed by atoms with van der Waals surface area (Å²) in [4.78, 5) is 28.9. The zero-order chi connectivity index (χ0) is 24.1. The van der Waals surface area contributed by atoms with Gasteiger partial charge in [-0.3, -0.25) is 14.5 Å². The predicted molar refractivity (Wildman–Crippen MR) is 123 cm³/mol. The molecular weight excluding hydrogens is 461 g/mol. The molecule has 0 unspecified atom stereocenters. The first-order valence-electron chi connectivity index (χ1n) is 10.7. The van der Waals surface area contributed by atoms with Crippen molar-refractivity contribution in [2.75, 3.05) is 38.0 Å². The van der Waals surface area contributed by atoms with Crippen LogP contribution in [0.2, 0.25) is 0 Å². The largest absolute Gasteiger partial charge is 0.459 e. The lowest BCUT2D eigenvalue weighted by Gasteiger charge is -2.34. The van der Waals surface area contributed by atoms with E-state index in [0.29, 0.717) is 37.4 Å². The number of nitrogens with zero attached hydrogens (tertiary/aromatic N) is 2. The van der Waals surface area contributed by atoms with Crippen molar-refractivity contribution in [1.82, 2.24) is 9.80 Å². The Labute approximate surface area is 196 Å². The molecule has 0 atom stereocenters. The van der Waals surface area contributed by atoms with Gasteiger partial charge in [-0.2, -0.15) is 0 Å². The Hall–Kier alpha value is -3.50. The zero-order valence-corrected chi connectivity index (χ0v) is 19.1. The van der Waals surface area contributed by atoms with Crippen LogP contribution in [0, 0.1) is 5.82 Å². The van der Waals surface area contributed by atoms with Crippen molar-refractivity contribution in [2.24, 2.45) is 0 Å². The van der Waals surface area contributed by atoms with Crippen LogP contribution in [0.5, 0.6) is 0 Å². The first-order chi connectivity index (χ1) is 16.3. The van der Waals surface area contributed by atoms with Crippen LogP contribution in [-0.4, -0.2) is 62.8 Å². The summed E-state index contributed by atoms with van der Waals surface area (Å²) >= 11 is 0. The van der Waals surface area contributed by atoms with E-state index in [1.165, 1.54) is 42.7 Å². The van der Waals surface area contributed by atoms with Crippen LogP contribution in [0.15, 0.2) is 76.2 Å². The third kappa shape index (κ3) is 5.70. The number of amides is 2. The summed E-state index contributed by atoms with van der Waals surface area (Å²) < 4.78 is 44.1. The molecule has 8 nitrogen and oxygen atoms in total. The van der Waals surface area contributed by atoms with Crippen molar-refractivity contribution >= 4 is 27.3 Å². The van der Waals surface area contributed by atoms with Crippen LogP contribution in [0.1, 0.15) is 16.1 Å². The molecule has 1 aliphatic rings. The molecule has 0 aliphatic carbocycles. The maximum atomic E-state index is 13.3. The number of piperazine rings is 1. The lowest BCUT2D eigenvalue weighted by atomic mass is 10.2. The van der Waals surface area contributed by atoms with E-state index in [1.807, 2.05) is 4.90 Å². The molecule has 1 aliphatic heterocycles. The lowest BCUT2D eigenvalue weighted by molar-refractivity contribution is -0.117. The van der Waals surface area contributed by atoms with Gasteiger partial charge in [0, 0.05) is 37.4 Å². The van der Waals surface area contributed by atoms with Crippen LogP contribution in [0.3, 0.4) is 0 Å². The minimum atomic E-state index is -3.63. The van der Waals surface area contributed by atoms with Crippen LogP contribution in [-0.2, 0) is 20.4 Å². The summed E-state index contributed by atoms with van der Waals surface area (Å²) in [7, 11) is -3.63. The Morgan fingerprint density at radius 2 is 1.71 bits per heavy atom. The molecule has 10 heteroatoms. The summed E-state index contributed by atoms with van der Waals surface area (Å²) in [6, 6.07) is 15.2. The van der Waals surface area contributed by atoms with E-state index in [9.17, 15) is 22.4 Å². The quantitative estimate of drug-likeness (QED) is 0.553. The molecule has 3 aromatic rings. The van der Waals surface area contributed by atoms with Gasteiger partial charge >= 0.3 is 0 Å². The monoisotopic (exact) mass is 485 g/mol. The normalized spacial score (nSPS) is 14.7. The predicted octanol–water partition coefficient (Wildman–Crippen LogP) is 2.79. The molecule has 178 valence electrons. The molecule has 0 spiro atoms. The van der Waals surface area contributed by atoms with E-state index in [1.54, 1.807) is 29.2 Å². The summed E-state index contributed by atoms with van der Waals surface area (Å²) in [6.07, 6.45) is 1.32. The van der Waals surface area contributed by atoms with Crippen molar-refractivity contribution in [3.8, 4) is 0 Å². The van der Waals surface area contributed by atoms with Crippen molar-refractivity contribution in [3.63, 3.8) is 0 Å². The first-order valence-corrected chi connectivity index (χ1v) is 12.4. The molecule has 1 fully saturated rings. The van der Waals surface area contributed by atoms with Crippen molar-refractivity contribution in [1.29, 1.82) is 0 Å². The van der Waals surface area contributed by atoms with Crippen molar-refractivity contribution in [2.45, 2.75) is 10.6 Å². The van der Waals surface area contributed by atoms with Gasteiger partial charge in [0.15, 0.2) is 15.6 Å². The second-order valence-corrected chi connectivity index (χ2v) is 9.96. The van der Waals surface area contributed by atoms with E-state index < -0.39 is 15.7 Å². The van der Waals surface area contributed by atoms with Gasteiger partial charge < -0.3 is 14.6 Å². The number of carbonyl (C=O) groups is 2. The molecule has 4 rings (SSSR count). The average Bonchev–Trinajstić information content (AvgIpc) is 3.27. The second kappa shape index (κ2) is 10.2. The number of benzene rings is 2. The minimum absolute atomic E-state index is 0.0109. The molecule has 1 aromatic heterocycles. The highest BCUT2D eigenvalue weighted by molar-refractivity contribution is 7.90. The Morgan fingerprint density at radius 1 is 0.971 bits per heavy atom. The fourth-order valence-electron chi connectivity index (χ4n) is 3.78. The summed E-state index contributed by atoms with van der Waals surface area (Å²) in [6.45, 7) is 1.75. The number of anilines is 1. The van der Waals surface area contributed by atoms with Crippen molar-refractivity contribution < 1.29 is 26.8 Å². The third-order valence-electron chi connectivity index (χ3n) is 5.52. The van der Waals surface area contributed by atoms with Gasteiger partial charge in [-0.25, -0.2) is 12.8 Å². The van der Waals surface area contributed by atoms with Gasteiger partial charge in [-0.05, 0) is 36.4 Å². The average molecular weight is 486 g/mol. The number of sulfone groups is 1. The van der Waals surface area contributed by atoms with Gasteiger partial charge in [-0.15, -0.1) is 0 Å². The van der Waals surface area contributed by atoms with Crippen LogP contribution in [0.4, 0.5) is 10.1 Å². The fraction of sp³-hybridized carbons (Fsp3) is 0.250. The summed E-state index contributed by atoms with van der Waals surface area (Å²) in [5.41, 5.74) is 0.695. The number of carbonyl (C=O) groups excluding carboxylic acids is 2. The summed E-state index contributed by atoms with van der Waals surface area (Å²) in [5, 5.41) is 2.66. The molecule has 1 saturated heterocycles. The Balaban J connectivity index is 1.33. The Kier molecular flexibility index (Phi) is 7.09. The number of hydrogen-bond donors (Lipinski definition) is 1. The maximum Gasteiger partial charge on any atom is 0.289 e. The van der Waals surface area contributed by atoms with Gasteiger partial charge in [-0.1, -0.05) is 24.3 Å². The Bertz CT molecular complexity index is 1270. The number of halogens is 1. The lowest BCUT2D eigenvalue weighted by Crippen LogP contribution is -2.50. The molecule has 0 radical (unpaired) electrons. The van der Waals surface area contributed by atoms with Gasteiger partial charge in [0.1, 0.15) is 5.82 Å². The van der Waals surface area contributed by atoms with Crippen LogP contribution in [0.25, 0.3) is 0 Å². The molecule has 0 bridgehead atoms. The van der Waals surface area contributed by atoms with E-state index in [4.69, 9.17) is 4.42 Å². The minimum Gasteiger partial charge on any atom is -0.459 e. The second-order valence-electron chi connectivity index (χ2n) is 7.97. The topological polar surface area (TPSA) is 99.9 Å². The molecule has 2 amide bonds. The van der Waals surface area contributed by atoms with Gasteiger partial charge in [0.2, 0.25) is 5.91 Å². The van der Waals surface area contributed by atoms with E-state index in [2.05, 4.69) is 5.32 Å². The van der Waals surface area contributed by atoms with E-state index in [-0.39, 0.29) is 34.8 Å². The third-order valence-corrected chi connectivity index (χ3v) is 7.21. The van der Waals surface area contributed by atoms with E-state index in [0.717, 1.165) is 0 Å². The standard InChI is InChI=1S/C24H24FN3O5S/c25-19-5-4-6-20(15-19)26-22(29)16-27-10-12-28(13-11-27)24(30)23-18(9-14-33-23)17-34(31,32)21-7-2-1-3-8-21/h1-9,14-15H,10-13,16-17H2,(H,26,29). The highest BCUT2D eigenvalue weighted by atomic mass is 32.2. The van der Waals surface area contributed by atoms with E-state index >= 15 is 0 Å². The number of rotatable bonds is 7. The molecule has 2 heterocycles. The van der Waals surface area contributed by atoms with Gasteiger partial charge in [0.05, 0.1) is 23.5 Å². The number of hydrogen-bond acceptors (Lipinski definition) is 6. The molecule has 0 saturated carbocycles.